The lowest BCUT2D eigenvalue weighted by molar-refractivity contribution is -0.0598. The molecule has 9 heteroatoms. The lowest BCUT2D eigenvalue weighted by Gasteiger charge is -2.19. The van der Waals surface area contributed by atoms with E-state index in [-0.39, 0.29) is 18.2 Å². The van der Waals surface area contributed by atoms with Gasteiger partial charge in [0.2, 0.25) is 0 Å². The number of hydrogen-bond acceptors (Lipinski definition) is 8. The Morgan fingerprint density at radius 1 is 1.33 bits per heavy atom. The minimum Gasteiger partial charge on any atom is -0.382 e. The molecule has 114 valence electrons. The van der Waals surface area contributed by atoms with Crippen LogP contribution < -0.4 is 11.5 Å². The van der Waals surface area contributed by atoms with Crippen LogP contribution in [0.5, 0.6) is 0 Å². The van der Waals surface area contributed by atoms with Crippen LogP contribution in [-0.2, 0) is 14.2 Å². The number of rotatable bonds is 4. The van der Waals surface area contributed by atoms with Crippen molar-refractivity contribution in [2.45, 2.75) is 24.5 Å². The molecular formula is C12H18N6O3. The number of anilines is 1. The smallest absolute Gasteiger partial charge is 0.167 e. The Labute approximate surface area is 121 Å². The summed E-state index contributed by atoms with van der Waals surface area (Å²) in [6, 6.07) is -0.372. The van der Waals surface area contributed by atoms with Gasteiger partial charge in [0.05, 0.1) is 19.0 Å². The fraction of sp³-hybridized carbons (Fsp3) is 0.583. The van der Waals surface area contributed by atoms with Gasteiger partial charge in [0, 0.05) is 14.2 Å². The van der Waals surface area contributed by atoms with E-state index in [0.717, 1.165) is 0 Å². The average Bonchev–Trinajstić information content (AvgIpc) is 3.02. The lowest BCUT2D eigenvalue weighted by Crippen LogP contribution is -2.41. The number of methoxy groups -OCH3 is 2. The summed E-state index contributed by atoms with van der Waals surface area (Å²) in [5.74, 6) is 0.321. The molecule has 1 saturated heterocycles. The second-order valence-electron chi connectivity index (χ2n) is 4.88. The Balaban J connectivity index is 1.97. The maximum absolute atomic E-state index is 6.25. The van der Waals surface area contributed by atoms with E-state index in [1.807, 2.05) is 0 Å². The molecule has 21 heavy (non-hydrogen) atoms. The normalized spacial score (nSPS) is 29.3. The first-order valence-corrected chi connectivity index (χ1v) is 6.53. The summed E-state index contributed by atoms with van der Waals surface area (Å²) in [6.07, 6.45) is 2.01. The van der Waals surface area contributed by atoms with Crippen molar-refractivity contribution in [2.24, 2.45) is 5.73 Å². The molecule has 0 bridgehead atoms. The van der Waals surface area contributed by atoms with Crippen LogP contribution in [0.4, 0.5) is 5.82 Å². The largest absolute Gasteiger partial charge is 0.382 e. The molecule has 3 rings (SSSR count). The minimum atomic E-state index is -0.450. The van der Waals surface area contributed by atoms with E-state index < -0.39 is 6.23 Å². The number of aromatic nitrogens is 4. The van der Waals surface area contributed by atoms with Crippen molar-refractivity contribution in [1.82, 2.24) is 19.5 Å². The van der Waals surface area contributed by atoms with E-state index >= 15 is 0 Å². The van der Waals surface area contributed by atoms with Gasteiger partial charge in [-0.25, -0.2) is 15.0 Å². The molecule has 0 spiro atoms. The zero-order valence-electron chi connectivity index (χ0n) is 11.8. The van der Waals surface area contributed by atoms with Gasteiger partial charge in [-0.1, -0.05) is 0 Å². The topological polar surface area (TPSA) is 123 Å². The number of fused-ring (bicyclic) bond motifs is 1. The molecule has 2 aromatic heterocycles. The second-order valence-corrected chi connectivity index (χ2v) is 4.88. The monoisotopic (exact) mass is 294 g/mol. The standard InChI is InChI=1S/C12H18N6O3/c1-19-3-6-9(20-2)7(13)12(21-6)18-5-17-8-10(14)15-4-16-11(8)18/h4-7,9,12H,3,13H2,1-2H3,(H2,14,15,16)/t6-,7?,9?,12-/m1/s1. The van der Waals surface area contributed by atoms with Gasteiger partial charge >= 0.3 is 0 Å². The molecule has 4 N–H and O–H groups in total. The molecule has 4 atom stereocenters. The Morgan fingerprint density at radius 2 is 2.14 bits per heavy atom. The minimum absolute atomic E-state index is 0.253. The van der Waals surface area contributed by atoms with Crippen molar-refractivity contribution in [3.8, 4) is 0 Å². The third-order valence-electron chi connectivity index (χ3n) is 3.65. The predicted molar refractivity (Wildman–Crippen MR) is 74.3 cm³/mol. The van der Waals surface area contributed by atoms with Crippen LogP contribution in [0.2, 0.25) is 0 Å². The molecule has 9 nitrogen and oxygen atoms in total. The highest BCUT2D eigenvalue weighted by molar-refractivity contribution is 5.81. The summed E-state index contributed by atoms with van der Waals surface area (Å²) in [5.41, 5.74) is 13.1. The Morgan fingerprint density at radius 3 is 2.86 bits per heavy atom. The van der Waals surface area contributed by atoms with Crippen LogP contribution in [-0.4, -0.2) is 58.6 Å². The maximum atomic E-state index is 6.25. The van der Waals surface area contributed by atoms with Gasteiger partial charge in [0.1, 0.15) is 24.1 Å². The van der Waals surface area contributed by atoms with Crippen LogP contribution in [0.15, 0.2) is 12.7 Å². The molecule has 2 unspecified atom stereocenters. The molecule has 1 fully saturated rings. The maximum Gasteiger partial charge on any atom is 0.167 e. The first kappa shape index (κ1) is 14.1. The van der Waals surface area contributed by atoms with E-state index in [1.54, 1.807) is 25.1 Å². The molecule has 0 amide bonds. The van der Waals surface area contributed by atoms with Gasteiger partial charge < -0.3 is 25.7 Å². The summed E-state index contributed by atoms with van der Waals surface area (Å²) in [6.45, 7) is 0.395. The molecule has 1 aliphatic heterocycles. The van der Waals surface area contributed by atoms with Crippen LogP contribution in [0, 0.1) is 0 Å². The van der Waals surface area contributed by atoms with E-state index in [4.69, 9.17) is 25.7 Å². The number of hydrogen-bond donors (Lipinski definition) is 2. The number of nitrogens with zero attached hydrogens (tertiary/aromatic N) is 4. The second kappa shape index (κ2) is 5.53. The summed E-state index contributed by atoms with van der Waals surface area (Å²) < 4.78 is 18.3. The van der Waals surface area contributed by atoms with Gasteiger partial charge in [-0.3, -0.25) is 4.57 Å². The van der Waals surface area contributed by atoms with Gasteiger partial charge in [0.15, 0.2) is 17.7 Å². The molecule has 0 saturated carbocycles. The Kier molecular flexibility index (Phi) is 3.72. The van der Waals surface area contributed by atoms with Crippen molar-refractivity contribution < 1.29 is 14.2 Å². The van der Waals surface area contributed by atoms with Crippen molar-refractivity contribution >= 4 is 17.0 Å². The summed E-state index contributed by atoms with van der Waals surface area (Å²) >= 11 is 0. The molecule has 0 aliphatic carbocycles. The van der Waals surface area contributed by atoms with Crippen molar-refractivity contribution in [1.29, 1.82) is 0 Å². The molecule has 2 aromatic rings. The Bertz CT molecular complexity index is 632. The van der Waals surface area contributed by atoms with Crippen molar-refractivity contribution in [3.63, 3.8) is 0 Å². The third-order valence-corrected chi connectivity index (χ3v) is 3.65. The SMILES string of the molecule is COC[C@H]1O[C@@H](n2cnc3c(N)ncnc32)C(N)C1OC. The van der Waals surface area contributed by atoms with E-state index in [9.17, 15) is 0 Å². The number of nitrogen functional groups attached to an aromatic ring is 1. The lowest BCUT2D eigenvalue weighted by atomic mass is 10.1. The average molecular weight is 294 g/mol. The van der Waals surface area contributed by atoms with Crippen LogP contribution in [0.25, 0.3) is 11.2 Å². The van der Waals surface area contributed by atoms with Gasteiger partial charge in [0.25, 0.3) is 0 Å². The fourth-order valence-electron chi connectivity index (χ4n) is 2.67. The van der Waals surface area contributed by atoms with Gasteiger partial charge in [-0.15, -0.1) is 0 Å². The van der Waals surface area contributed by atoms with E-state index in [2.05, 4.69) is 15.0 Å². The molecular weight excluding hydrogens is 276 g/mol. The van der Waals surface area contributed by atoms with Crippen molar-refractivity contribution in [3.05, 3.63) is 12.7 Å². The molecule has 0 aromatic carbocycles. The fourth-order valence-corrected chi connectivity index (χ4v) is 2.67. The highest BCUT2D eigenvalue weighted by atomic mass is 16.6. The highest BCUT2D eigenvalue weighted by Gasteiger charge is 2.44. The zero-order chi connectivity index (χ0) is 15.0. The van der Waals surface area contributed by atoms with Crippen molar-refractivity contribution in [2.75, 3.05) is 26.6 Å². The van der Waals surface area contributed by atoms with E-state index in [1.165, 1.54) is 6.33 Å². The van der Waals surface area contributed by atoms with Crippen LogP contribution in [0.1, 0.15) is 6.23 Å². The molecule has 1 aliphatic rings. The third kappa shape index (κ3) is 2.23. The van der Waals surface area contributed by atoms with Crippen LogP contribution in [0.3, 0.4) is 0 Å². The van der Waals surface area contributed by atoms with Gasteiger partial charge in [-0.2, -0.15) is 0 Å². The summed E-state index contributed by atoms with van der Waals surface area (Å²) in [5, 5.41) is 0. The van der Waals surface area contributed by atoms with Gasteiger partial charge in [-0.05, 0) is 0 Å². The van der Waals surface area contributed by atoms with E-state index in [0.29, 0.717) is 23.6 Å². The first-order valence-electron chi connectivity index (χ1n) is 6.53. The number of ether oxygens (including phenoxy) is 3. The first-order chi connectivity index (χ1) is 10.2. The molecule has 3 heterocycles. The summed E-state index contributed by atoms with van der Waals surface area (Å²) in [7, 11) is 3.21. The number of nitrogens with two attached hydrogens (primary N) is 2. The number of imidazole rings is 1. The highest BCUT2D eigenvalue weighted by Crippen LogP contribution is 2.32. The quantitative estimate of drug-likeness (QED) is 0.758. The zero-order valence-corrected chi connectivity index (χ0v) is 11.8. The Hall–Kier alpha value is -1.81. The predicted octanol–water partition coefficient (Wildman–Crippen LogP) is -0.705. The molecule has 0 radical (unpaired) electrons. The summed E-state index contributed by atoms with van der Waals surface area (Å²) in [4.78, 5) is 12.3. The van der Waals surface area contributed by atoms with Crippen LogP contribution >= 0.6 is 0 Å².